The van der Waals surface area contributed by atoms with Gasteiger partial charge in [0.25, 0.3) is 0 Å². The molecule has 0 aromatic heterocycles. The SMILES string of the molecule is CCC(C)(C)C(=O)OC1CCC2(C)C(CCC3C2CCC2(C)C(C(C)CCC(=O)OC(C)(C)COC)CCC32)C1. The highest BCUT2D eigenvalue weighted by Crippen LogP contribution is 2.68. The van der Waals surface area contributed by atoms with Crippen molar-refractivity contribution in [3.05, 3.63) is 0 Å². The van der Waals surface area contributed by atoms with Crippen molar-refractivity contribution in [1.29, 1.82) is 0 Å². The predicted octanol–water partition coefficient (Wildman–Crippen LogP) is 8.38. The Bertz CT molecular complexity index is 909. The standard InChI is InChI=1S/C35H60O5/c1-10-32(3,4)31(37)39-25-17-19-34(7)24(21-25)12-13-26-28-15-14-27(35(28,8)20-18-29(26)34)23(2)11-16-30(36)40-33(5,6)22-38-9/h23-29H,10-22H2,1-9H3. The van der Waals surface area contributed by atoms with E-state index in [1.165, 1.54) is 44.9 Å². The zero-order valence-corrected chi connectivity index (χ0v) is 27.3. The average molecular weight is 561 g/mol. The van der Waals surface area contributed by atoms with Gasteiger partial charge in [0.2, 0.25) is 0 Å². The molecule has 0 saturated heterocycles. The van der Waals surface area contributed by atoms with Gasteiger partial charge in [0.15, 0.2) is 0 Å². The van der Waals surface area contributed by atoms with Crippen LogP contribution in [0.4, 0.5) is 0 Å². The van der Waals surface area contributed by atoms with Crippen molar-refractivity contribution in [2.24, 2.45) is 51.8 Å². The van der Waals surface area contributed by atoms with E-state index in [1.807, 2.05) is 27.7 Å². The van der Waals surface area contributed by atoms with Crippen LogP contribution in [0, 0.1) is 51.8 Å². The van der Waals surface area contributed by atoms with Gasteiger partial charge in [-0.05, 0) is 145 Å². The van der Waals surface area contributed by atoms with Gasteiger partial charge in [0.1, 0.15) is 11.7 Å². The first-order valence-electron chi connectivity index (χ1n) is 16.6. The van der Waals surface area contributed by atoms with Gasteiger partial charge in [-0.1, -0.05) is 27.7 Å². The third-order valence-corrected chi connectivity index (χ3v) is 12.8. The van der Waals surface area contributed by atoms with Crippen LogP contribution in [0.5, 0.6) is 0 Å². The molecule has 0 spiro atoms. The maximum atomic E-state index is 12.8. The highest BCUT2D eigenvalue weighted by atomic mass is 16.6. The van der Waals surface area contributed by atoms with E-state index >= 15 is 0 Å². The summed E-state index contributed by atoms with van der Waals surface area (Å²) in [7, 11) is 1.65. The average Bonchev–Trinajstić information content (AvgIpc) is 3.24. The van der Waals surface area contributed by atoms with Gasteiger partial charge in [-0.3, -0.25) is 9.59 Å². The third-order valence-electron chi connectivity index (χ3n) is 12.8. The van der Waals surface area contributed by atoms with Crippen molar-refractivity contribution >= 4 is 11.9 Å². The number of hydrogen-bond donors (Lipinski definition) is 0. The zero-order chi connectivity index (χ0) is 29.5. The number of rotatable bonds is 10. The summed E-state index contributed by atoms with van der Waals surface area (Å²) >= 11 is 0. The Kier molecular flexibility index (Phi) is 9.45. The van der Waals surface area contributed by atoms with Crippen LogP contribution < -0.4 is 0 Å². The van der Waals surface area contributed by atoms with Crippen LogP contribution >= 0.6 is 0 Å². The maximum Gasteiger partial charge on any atom is 0.311 e. The van der Waals surface area contributed by atoms with E-state index in [2.05, 4.69) is 27.7 Å². The van der Waals surface area contributed by atoms with Crippen LogP contribution in [0.2, 0.25) is 0 Å². The lowest BCUT2D eigenvalue weighted by molar-refractivity contribution is -0.171. The number of carbonyl (C=O) groups is 2. The molecule has 4 saturated carbocycles. The lowest BCUT2D eigenvalue weighted by Gasteiger charge is -2.61. The minimum atomic E-state index is -0.570. The van der Waals surface area contributed by atoms with E-state index < -0.39 is 5.60 Å². The quantitative estimate of drug-likeness (QED) is 0.251. The molecule has 5 nitrogen and oxygen atoms in total. The first kappa shape index (κ1) is 31.8. The smallest absolute Gasteiger partial charge is 0.311 e. The van der Waals surface area contributed by atoms with Gasteiger partial charge in [-0.2, -0.15) is 0 Å². The Labute approximate surface area is 245 Å². The first-order valence-corrected chi connectivity index (χ1v) is 16.6. The second kappa shape index (κ2) is 11.9. The molecule has 4 aliphatic rings. The maximum absolute atomic E-state index is 12.8. The van der Waals surface area contributed by atoms with Crippen molar-refractivity contribution in [3.8, 4) is 0 Å². The molecule has 5 heteroatoms. The predicted molar refractivity (Wildman–Crippen MR) is 160 cm³/mol. The van der Waals surface area contributed by atoms with E-state index in [0.29, 0.717) is 41.6 Å². The molecule has 0 aromatic carbocycles. The van der Waals surface area contributed by atoms with Crippen LogP contribution in [-0.2, 0) is 23.8 Å². The van der Waals surface area contributed by atoms with Crippen molar-refractivity contribution in [2.75, 3.05) is 13.7 Å². The summed E-state index contributed by atoms with van der Waals surface area (Å²) in [6, 6.07) is 0. The van der Waals surface area contributed by atoms with Gasteiger partial charge in [0.05, 0.1) is 12.0 Å². The van der Waals surface area contributed by atoms with Gasteiger partial charge >= 0.3 is 11.9 Å². The topological polar surface area (TPSA) is 61.8 Å². The van der Waals surface area contributed by atoms with Gasteiger partial charge < -0.3 is 14.2 Å². The van der Waals surface area contributed by atoms with Gasteiger partial charge in [-0.25, -0.2) is 0 Å². The minimum Gasteiger partial charge on any atom is -0.462 e. The molecule has 4 fully saturated rings. The second-order valence-corrected chi connectivity index (χ2v) is 16.1. The summed E-state index contributed by atoms with van der Waals surface area (Å²) < 4.78 is 17.0. The molecule has 0 heterocycles. The highest BCUT2D eigenvalue weighted by molar-refractivity contribution is 5.76. The zero-order valence-electron chi connectivity index (χ0n) is 27.3. The van der Waals surface area contributed by atoms with Crippen LogP contribution in [0.25, 0.3) is 0 Å². The van der Waals surface area contributed by atoms with Crippen molar-refractivity contribution < 1.29 is 23.8 Å². The summed E-state index contributed by atoms with van der Waals surface area (Å²) in [6.07, 6.45) is 13.6. The van der Waals surface area contributed by atoms with Crippen LogP contribution in [0.15, 0.2) is 0 Å². The summed E-state index contributed by atoms with van der Waals surface area (Å²) in [5.74, 6) is 4.25. The number of methoxy groups -OCH3 is 1. The van der Waals surface area contributed by atoms with E-state index in [1.54, 1.807) is 7.11 Å². The molecule has 0 amide bonds. The van der Waals surface area contributed by atoms with Crippen LogP contribution in [0.3, 0.4) is 0 Å². The Balaban J connectivity index is 1.36. The van der Waals surface area contributed by atoms with Crippen LogP contribution in [-0.4, -0.2) is 37.4 Å². The Morgan fingerprint density at radius 2 is 1.60 bits per heavy atom. The number of carbonyl (C=O) groups excluding carboxylic acids is 2. The lowest BCUT2D eigenvalue weighted by atomic mass is 9.44. The number of hydrogen-bond acceptors (Lipinski definition) is 5. The third kappa shape index (κ3) is 6.16. The van der Waals surface area contributed by atoms with E-state index in [0.717, 1.165) is 43.4 Å². The molecule has 0 aliphatic heterocycles. The molecule has 40 heavy (non-hydrogen) atoms. The van der Waals surface area contributed by atoms with Crippen molar-refractivity contribution in [3.63, 3.8) is 0 Å². The fraction of sp³-hybridized carbons (Fsp3) is 0.943. The van der Waals surface area contributed by atoms with E-state index in [4.69, 9.17) is 14.2 Å². The largest absolute Gasteiger partial charge is 0.462 e. The normalized spacial score (nSPS) is 38.5. The molecule has 0 N–H and O–H groups in total. The molecule has 230 valence electrons. The second-order valence-electron chi connectivity index (χ2n) is 16.1. The molecular formula is C35H60O5. The molecule has 9 unspecified atom stereocenters. The molecule has 4 rings (SSSR count). The number of ether oxygens (including phenoxy) is 3. The molecule has 0 radical (unpaired) electrons. The van der Waals surface area contributed by atoms with E-state index in [-0.39, 0.29) is 23.5 Å². The Hall–Kier alpha value is -1.10. The number of fused-ring (bicyclic) bond motifs is 5. The van der Waals surface area contributed by atoms with Crippen molar-refractivity contribution in [2.45, 2.75) is 144 Å². The van der Waals surface area contributed by atoms with Gasteiger partial charge in [0, 0.05) is 13.5 Å². The molecule has 9 atom stereocenters. The summed E-state index contributed by atoms with van der Waals surface area (Å²) in [5, 5.41) is 0. The van der Waals surface area contributed by atoms with E-state index in [9.17, 15) is 9.59 Å². The lowest BCUT2D eigenvalue weighted by Crippen LogP contribution is -2.54. The van der Waals surface area contributed by atoms with Gasteiger partial charge in [-0.15, -0.1) is 0 Å². The monoisotopic (exact) mass is 560 g/mol. The molecular weight excluding hydrogens is 500 g/mol. The summed E-state index contributed by atoms with van der Waals surface area (Å²) in [4.78, 5) is 25.4. The summed E-state index contributed by atoms with van der Waals surface area (Å²) in [6.45, 7) is 17.9. The highest BCUT2D eigenvalue weighted by Gasteiger charge is 2.60. The summed E-state index contributed by atoms with van der Waals surface area (Å²) in [5.41, 5.74) is -0.180. The molecule has 0 bridgehead atoms. The fourth-order valence-corrected chi connectivity index (χ4v) is 10.0. The fourth-order valence-electron chi connectivity index (χ4n) is 10.0. The minimum absolute atomic E-state index is 0.0104. The van der Waals surface area contributed by atoms with Crippen LogP contribution in [0.1, 0.15) is 132 Å². The Morgan fingerprint density at radius 1 is 0.925 bits per heavy atom. The number of esters is 2. The molecule has 4 aliphatic carbocycles. The first-order chi connectivity index (χ1) is 18.7. The Morgan fingerprint density at radius 3 is 2.27 bits per heavy atom. The van der Waals surface area contributed by atoms with Crippen molar-refractivity contribution in [1.82, 2.24) is 0 Å². The molecule has 0 aromatic rings.